The molecule has 0 amide bonds. The molecular weight excluding hydrogens is 312 g/mol. The molecule has 0 saturated heterocycles. The van der Waals surface area contributed by atoms with Crippen molar-refractivity contribution in [3.8, 4) is 0 Å². The molecule has 0 aliphatic heterocycles. The van der Waals surface area contributed by atoms with E-state index < -0.39 is 28.7 Å². The minimum atomic E-state index is -4.90. The lowest BCUT2D eigenvalue weighted by Gasteiger charge is -2.26. The van der Waals surface area contributed by atoms with Crippen LogP contribution in [0.2, 0.25) is 0 Å². The van der Waals surface area contributed by atoms with Crippen LogP contribution in [0.3, 0.4) is 0 Å². The van der Waals surface area contributed by atoms with Crippen molar-refractivity contribution in [2.45, 2.75) is 77.1 Å². The van der Waals surface area contributed by atoms with Crippen molar-refractivity contribution in [2.75, 3.05) is 6.61 Å². The molecule has 0 aliphatic carbocycles. The molecule has 0 rings (SSSR count). The second kappa shape index (κ2) is 11.3. The van der Waals surface area contributed by atoms with Crippen LogP contribution >= 0.6 is 0 Å². The Labute approximate surface area is 133 Å². The van der Waals surface area contributed by atoms with Gasteiger partial charge in [-0.1, -0.05) is 26.7 Å². The maximum absolute atomic E-state index is 10.7. The Morgan fingerprint density at radius 2 is 1.68 bits per heavy atom. The first-order chi connectivity index (χ1) is 10.2. The Morgan fingerprint density at radius 1 is 1.05 bits per heavy atom. The maximum atomic E-state index is 10.7. The number of hydrogen-bond donors (Lipinski definition) is 3. The van der Waals surface area contributed by atoms with Crippen molar-refractivity contribution in [2.24, 2.45) is 5.92 Å². The van der Waals surface area contributed by atoms with Gasteiger partial charge in [-0.2, -0.15) is 0 Å². The van der Waals surface area contributed by atoms with Crippen LogP contribution in [0.1, 0.15) is 58.8 Å². The van der Waals surface area contributed by atoms with Crippen LogP contribution < -0.4 is 0 Å². The van der Waals surface area contributed by atoms with E-state index in [0.717, 1.165) is 12.8 Å². The van der Waals surface area contributed by atoms with Crippen molar-refractivity contribution in [3.63, 3.8) is 0 Å². The Kier molecular flexibility index (Phi) is 11.2. The van der Waals surface area contributed by atoms with Gasteiger partial charge < -0.3 is 19.9 Å². The van der Waals surface area contributed by atoms with E-state index in [9.17, 15) is 23.2 Å². The minimum absolute atomic E-state index is 0.0938. The van der Waals surface area contributed by atoms with Gasteiger partial charge in [-0.25, -0.2) is 8.42 Å². The first kappa shape index (κ1) is 21.8. The number of aliphatic hydroxyl groups excluding tert-OH is 3. The average molecular weight is 341 g/mol. The normalized spacial score (nSPS) is 16.7. The molecule has 0 saturated carbocycles. The Bertz CT molecular complexity index is 369. The molecule has 0 fully saturated rings. The quantitative estimate of drug-likeness (QED) is 0.258. The van der Waals surface area contributed by atoms with E-state index in [4.69, 9.17) is 5.11 Å². The van der Waals surface area contributed by atoms with E-state index >= 15 is 0 Å². The average Bonchev–Trinajstić information content (AvgIpc) is 2.37. The summed E-state index contributed by atoms with van der Waals surface area (Å²) in [4.78, 5) is 0. The van der Waals surface area contributed by atoms with Crippen LogP contribution in [0.15, 0.2) is 0 Å². The van der Waals surface area contributed by atoms with Crippen LogP contribution in [0, 0.1) is 5.92 Å². The molecule has 0 spiro atoms. The fraction of sp³-hybridized carbons (Fsp3) is 1.00. The van der Waals surface area contributed by atoms with E-state index in [1.807, 2.05) is 13.8 Å². The Hall–Kier alpha value is -0.250. The molecule has 0 bridgehead atoms. The smallest absolute Gasteiger partial charge is 0.217 e. The molecule has 0 aromatic heterocycles. The van der Waals surface area contributed by atoms with Gasteiger partial charge in [0.2, 0.25) is 10.4 Å². The lowest BCUT2D eigenvalue weighted by atomic mass is 9.97. The molecule has 22 heavy (non-hydrogen) atoms. The fourth-order valence-corrected chi connectivity index (χ4v) is 2.79. The van der Waals surface area contributed by atoms with Crippen molar-refractivity contribution in [1.29, 1.82) is 0 Å². The summed E-state index contributed by atoms with van der Waals surface area (Å²) in [5, 5.41) is 28.5. The summed E-state index contributed by atoms with van der Waals surface area (Å²) in [5.41, 5.74) is 0. The summed E-state index contributed by atoms with van der Waals surface area (Å²) in [7, 11) is -4.90. The predicted molar refractivity (Wildman–Crippen MR) is 80.8 cm³/mol. The van der Waals surface area contributed by atoms with Crippen molar-refractivity contribution in [1.82, 2.24) is 0 Å². The number of unbranched alkanes of at least 4 members (excludes halogenated alkanes) is 2. The molecule has 0 aromatic carbocycles. The summed E-state index contributed by atoms with van der Waals surface area (Å²) in [6, 6.07) is 0. The standard InChI is InChI=1S/C14H30O7S/c1-11(2)10-13(17)14(21-22(18,19)20)8-7-12(16)6-4-3-5-9-15/h11-17H,3-10H2,1-2H3,(H,18,19,20)/p-1. The molecule has 134 valence electrons. The molecule has 0 radical (unpaired) electrons. The van der Waals surface area contributed by atoms with E-state index in [-0.39, 0.29) is 25.4 Å². The lowest BCUT2D eigenvalue weighted by Crippen LogP contribution is -2.33. The third kappa shape index (κ3) is 12.3. The molecule has 7 nitrogen and oxygen atoms in total. The van der Waals surface area contributed by atoms with Gasteiger partial charge in [0.05, 0.1) is 12.2 Å². The summed E-state index contributed by atoms with van der Waals surface area (Å²) < 4.78 is 36.7. The highest BCUT2D eigenvalue weighted by Gasteiger charge is 2.24. The fourth-order valence-electron chi connectivity index (χ4n) is 2.26. The van der Waals surface area contributed by atoms with Gasteiger partial charge in [0.15, 0.2) is 0 Å². The SMILES string of the molecule is CC(C)CC(O)C(CCC(O)CCCCCO)OS(=O)(=O)[O-]. The van der Waals surface area contributed by atoms with Crippen molar-refractivity contribution in [3.05, 3.63) is 0 Å². The minimum Gasteiger partial charge on any atom is -0.726 e. The first-order valence-corrected chi connectivity index (χ1v) is 9.10. The molecule has 3 N–H and O–H groups in total. The van der Waals surface area contributed by atoms with Crippen LogP contribution in [-0.4, -0.2) is 53.2 Å². The zero-order valence-corrected chi connectivity index (χ0v) is 14.2. The number of aliphatic hydroxyl groups is 3. The van der Waals surface area contributed by atoms with Gasteiger partial charge >= 0.3 is 0 Å². The zero-order valence-electron chi connectivity index (χ0n) is 13.3. The molecule has 0 aliphatic rings. The van der Waals surface area contributed by atoms with Gasteiger partial charge in [0, 0.05) is 6.61 Å². The molecule has 3 atom stereocenters. The third-order valence-electron chi connectivity index (χ3n) is 3.36. The van der Waals surface area contributed by atoms with Crippen LogP contribution in [0.25, 0.3) is 0 Å². The highest BCUT2D eigenvalue weighted by atomic mass is 32.3. The lowest BCUT2D eigenvalue weighted by molar-refractivity contribution is 0.00649. The van der Waals surface area contributed by atoms with E-state index in [0.29, 0.717) is 19.3 Å². The summed E-state index contributed by atoms with van der Waals surface area (Å²) >= 11 is 0. The van der Waals surface area contributed by atoms with Gasteiger partial charge in [-0.05, 0) is 38.0 Å². The largest absolute Gasteiger partial charge is 0.726 e. The van der Waals surface area contributed by atoms with Gasteiger partial charge in [0.25, 0.3) is 0 Å². The van der Waals surface area contributed by atoms with Crippen molar-refractivity contribution < 1.29 is 32.5 Å². The highest BCUT2D eigenvalue weighted by molar-refractivity contribution is 7.80. The summed E-state index contributed by atoms with van der Waals surface area (Å²) in [6.07, 6.45) is 0.572. The highest BCUT2D eigenvalue weighted by Crippen LogP contribution is 2.19. The maximum Gasteiger partial charge on any atom is 0.217 e. The van der Waals surface area contributed by atoms with Gasteiger partial charge in [0.1, 0.15) is 6.10 Å². The Balaban J connectivity index is 4.33. The van der Waals surface area contributed by atoms with E-state index in [1.54, 1.807) is 0 Å². The first-order valence-electron chi connectivity index (χ1n) is 7.76. The third-order valence-corrected chi connectivity index (χ3v) is 3.85. The molecule has 3 unspecified atom stereocenters. The second-order valence-corrected chi connectivity index (χ2v) is 7.05. The number of hydrogen-bond acceptors (Lipinski definition) is 7. The predicted octanol–water partition coefficient (Wildman–Crippen LogP) is 0.933. The zero-order chi connectivity index (χ0) is 17.2. The number of rotatable bonds is 13. The Morgan fingerprint density at radius 3 is 2.18 bits per heavy atom. The van der Waals surface area contributed by atoms with Crippen LogP contribution in [0.5, 0.6) is 0 Å². The summed E-state index contributed by atoms with van der Waals surface area (Å²) in [5.74, 6) is 0.124. The van der Waals surface area contributed by atoms with E-state index in [2.05, 4.69) is 4.18 Å². The monoisotopic (exact) mass is 341 g/mol. The molecule has 0 heterocycles. The van der Waals surface area contributed by atoms with Crippen molar-refractivity contribution >= 4 is 10.4 Å². The topological polar surface area (TPSA) is 127 Å². The molecular formula is C14H29O7S-. The van der Waals surface area contributed by atoms with Crippen LogP contribution in [-0.2, 0) is 14.6 Å². The molecule has 8 heteroatoms. The summed E-state index contributed by atoms with van der Waals surface area (Å²) in [6.45, 7) is 3.85. The van der Waals surface area contributed by atoms with Gasteiger partial charge in [-0.3, -0.25) is 4.18 Å². The van der Waals surface area contributed by atoms with E-state index in [1.165, 1.54) is 0 Å². The second-order valence-electron chi connectivity index (χ2n) is 6.04. The van der Waals surface area contributed by atoms with Gasteiger partial charge in [-0.15, -0.1) is 0 Å². The molecule has 0 aromatic rings. The van der Waals surface area contributed by atoms with Crippen LogP contribution in [0.4, 0.5) is 0 Å².